The first-order valence-electron chi connectivity index (χ1n) is 7.69. The van der Waals surface area contributed by atoms with Crippen LogP contribution in [-0.4, -0.2) is 24.7 Å². The van der Waals surface area contributed by atoms with E-state index in [2.05, 4.69) is 32.5 Å². The van der Waals surface area contributed by atoms with Gasteiger partial charge >= 0.3 is 0 Å². The summed E-state index contributed by atoms with van der Waals surface area (Å²) in [5, 5.41) is 8.62. The van der Waals surface area contributed by atoms with Crippen molar-refractivity contribution in [2.24, 2.45) is 7.05 Å². The molecule has 0 amide bonds. The molecule has 24 heavy (non-hydrogen) atoms. The van der Waals surface area contributed by atoms with Gasteiger partial charge in [0.15, 0.2) is 11.5 Å². The molecule has 0 bridgehead atoms. The van der Waals surface area contributed by atoms with Crippen LogP contribution >= 0.6 is 0 Å². The number of nitrogens with one attached hydrogen (secondary N) is 1. The van der Waals surface area contributed by atoms with Crippen LogP contribution in [0.5, 0.6) is 0 Å². The Labute approximate surface area is 139 Å². The molecule has 0 spiro atoms. The maximum Gasteiger partial charge on any atom is 0.164 e. The molecule has 0 fully saturated rings. The number of pyridine rings is 1. The predicted molar refractivity (Wildman–Crippen MR) is 93.3 cm³/mol. The first kappa shape index (κ1) is 14.3. The largest absolute Gasteiger partial charge is 0.365 e. The van der Waals surface area contributed by atoms with Gasteiger partial charge in [-0.1, -0.05) is 30.3 Å². The van der Waals surface area contributed by atoms with E-state index in [0.29, 0.717) is 12.4 Å². The lowest BCUT2D eigenvalue weighted by molar-refractivity contribution is 0.786. The highest BCUT2D eigenvalue weighted by Gasteiger charge is 2.12. The van der Waals surface area contributed by atoms with E-state index >= 15 is 0 Å². The van der Waals surface area contributed by atoms with Crippen molar-refractivity contribution >= 4 is 16.9 Å². The fourth-order valence-corrected chi connectivity index (χ4v) is 2.57. The minimum absolute atomic E-state index is 0.657. The van der Waals surface area contributed by atoms with Crippen LogP contribution in [0.3, 0.4) is 0 Å². The monoisotopic (exact) mass is 316 g/mol. The third-order valence-corrected chi connectivity index (χ3v) is 3.83. The van der Waals surface area contributed by atoms with Crippen LogP contribution in [0.15, 0.2) is 61.1 Å². The zero-order valence-corrected chi connectivity index (χ0v) is 13.2. The number of aromatic nitrogens is 5. The average Bonchev–Trinajstić information content (AvgIpc) is 3.02. The predicted octanol–water partition coefficient (Wildman–Crippen LogP) is 3.04. The number of rotatable bonds is 4. The topological polar surface area (TPSA) is 68.5 Å². The first-order chi connectivity index (χ1) is 11.8. The zero-order chi connectivity index (χ0) is 16.4. The lowest BCUT2D eigenvalue weighted by atomic mass is 10.2. The highest BCUT2D eigenvalue weighted by atomic mass is 15.3. The van der Waals surface area contributed by atoms with Crippen molar-refractivity contribution in [3.63, 3.8) is 0 Å². The number of benzene rings is 1. The number of fused-ring (bicyclic) bond motifs is 1. The van der Waals surface area contributed by atoms with Crippen molar-refractivity contribution in [2.45, 2.75) is 6.54 Å². The SMILES string of the molecule is Cn1ncc2c(NCc3ccccc3)nc(-c3ccncc3)nc21. The second kappa shape index (κ2) is 6.08. The smallest absolute Gasteiger partial charge is 0.164 e. The van der Waals surface area contributed by atoms with Gasteiger partial charge in [0, 0.05) is 31.5 Å². The van der Waals surface area contributed by atoms with Crippen LogP contribution in [0.1, 0.15) is 5.56 Å². The molecule has 4 rings (SSSR count). The summed E-state index contributed by atoms with van der Waals surface area (Å²) < 4.78 is 1.76. The van der Waals surface area contributed by atoms with Crippen molar-refractivity contribution in [1.29, 1.82) is 0 Å². The van der Waals surface area contributed by atoms with Gasteiger partial charge in [-0.05, 0) is 17.7 Å². The Bertz CT molecular complexity index is 963. The summed E-state index contributed by atoms with van der Waals surface area (Å²) in [5.74, 6) is 1.44. The van der Waals surface area contributed by atoms with Crippen LogP contribution in [0.25, 0.3) is 22.4 Å². The lowest BCUT2D eigenvalue weighted by Gasteiger charge is -2.09. The Morgan fingerprint density at radius 1 is 1.00 bits per heavy atom. The molecule has 0 aliphatic heterocycles. The molecular formula is C18H16N6. The maximum atomic E-state index is 4.70. The van der Waals surface area contributed by atoms with Crippen molar-refractivity contribution in [2.75, 3.05) is 5.32 Å². The van der Waals surface area contributed by atoms with Gasteiger partial charge in [-0.25, -0.2) is 9.97 Å². The summed E-state index contributed by atoms with van der Waals surface area (Å²) in [6, 6.07) is 14.0. The number of hydrogen-bond acceptors (Lipinski definition) is 5. The molecule has 1 N–H and O–H groups in total. The van der Waals surface area contributed by atoms with Crippen molar-refractivity contribution < 1.29 is 0 Å². The number of nitrogens with zero attached hydrogens (tertiary/aromatic N) is 5. The van der Waals surface area contributed by atoms with E-state index in [9.17, 15) is 0 Å². The Morgan fingerprint density at radius 2 is 1.79 bits per heavy atom. The van der Waals surface area contributed by atoms with Crippen LogP contribution in [-0.2, 0) is 13.6 Å². The Morgan fingerprint density at radius 3 is 2.58 bits per heavy atom. The second-order valence-corrected chi connectivity index (χ2v) is 5.48. The minimum Gasteiger partial charge on any atom is -0.365 e. The summed E-state index contributed by atoms with van der Waals surface area (Å²) in [7, 11) is 1.88. The van der Waals surface area contributed by atoms with E-state index in [0.717, 1.165) is 22.4 Å². The molecule has 3 heterocycles. The Kier molecular flexibility index (Phi) is 3.63. The van der Waals surface area contributed by atoms with Crippen LogP contribution < -0.4 is 5.32 Å². The van der Waals surface area contributed by atoms with Crippen molar-refractivity contribution in [1.82, 2.24) is 24.7 Å². The minimum atomic E-state index is 0.657. The van der Waals surface area contributed by atoms with Crippen LogP contribution in [0, 0.1) is 0 Å². The first-order valence-corrected chi connectivity index (χ1v) is 7.69. The zero-order valence-electron chi connectivity index (χ0n) is 13.2. The summed E-state index contributed by atoms with van der Waals surface area (Å²) in [6.07, 6.45) is 5.27. The average molecular weight is 316 g/mol. The normalized spacial score (nSPS) is 10.9. The summed E-state index contributed by atoms with van der Waals surface area (Å²) in [4.78, 5) is 13.4. The number of hydrogen-bond donors (Lipinski definition) is 1. The third kappa shape index (κ3) is 2.69. The van der Waals surface area contributed by atoms with Crippen LogP contribution in [0.4, 0.5) is 5.82 Å². The molecule has 6 nitrogen and oxygen atoms in total. The van der Waals surface area contributed by atoms with Crippen molar-refractivity contribution in [3.8, 4) is 11.4 Å². The molecule has 0 aliphatic carbocycles. The Balaban J connectivity index is 1.76. The summed E-state index contributed by atoms with van der Waals surface area (Å²) in [6.45, 7) is 0.692. The van der Waals surface area contributed by atoms with E-state index in [-0.39, 0.29) is 0 Å². The van der Waals surface area contributed by atoms with Crippen molar-refractivity contribution in [3.05, 3.63) is 66.6 Å². The Hall–Kier alpha value is -3.28. The molecule has 0 atom stereocenters. The molecule has 1 aromatic carbocycles. The van der Waals surface area contributed by atoms with E-state index in [1.54, 1.807) is 23.3 Å². The molecule has 0 aliphatic rings. The highest BCUT2D eigenvalue weighted by molar-refractivity contribution is 5.88. The number of anilines is 1. The summed E-state index contributed by atoms with van der Waals surface area (Å²) >= 11 is 0. The van der Waals surface area contributed by atoms with Crippen LogP contribution in [0.2, 0.25) is 0 Å². The molecule has 3 aromatic heterocycles. The molecule has 4 aromatic rings. The fraction of sp³-hybridized carbons (Fsp3) is 0.111. The summed E-state index contributed by atoms with van der Waals surface area (Å²) in [5.41, 5.74) is 2.92. The fourth-order valence-electron chi connectivity index (χ4n) is 2.57. The van der Waals surface area contributed by atoms with Gasteiger partial charge in [0.1, 0.15) is 5.82 Å². The molecule has 6 heteroatoms. The van der Waals surface area contributed by atoms with E-state index in [1.807, 2.05) is 37.4 Å². The van der Waals surface area contributed by atoms with Gasteiger partial charge in [-0.15, -0.1) is 0 Å². The number of aryl methyl sites for hydroxylation is 1. The van der Waals surface area contributed by atoms with Gasteiger partial charge in [-0.3, -0.25) is 9.67 Å². The quantitative estimate of drug-likeness (QED) is 0.627. The molecular weight excluding hydrogens is 300 g/mol. The highest BCUT2D eigenvalue weighted by Crippen LogP contribution is 2.24. The van der Waals surface area contributed by atoms with Gasteiger partial charge in [0.05, 0.1) is 11.6 Å². The molecule has 0 radical (unpaired) electrons. The maximum absolute atomic E-state index is 4.70. The molecule has 0 saturated heterocycles. The lowest BCUT2D eigenvalue weighted by Crippen LogP contribution is -2.04. The van der Waals surface area contributed by atoms with E-state index in [4.69, 9.17) is 4.98 Å². The van der Waals surface area contributed by atoms with Gasteiger partial charge in [-0.2, -0.15) is 5.10 Å². The second-order valence-electron chi connectivity index (χ2n) is 5.48. The van der Waals surface area contributed by atoms with E-state index < -0.39 is 0 Å². The van der Waals surface area contributed by atoms with Gasteiger partial charge in [0.2, 0.25) is 0 Å². The molecule has 0 unspecified atom stereocenters. The van der Waals surface area contributed by atoms with E-state index in [1.165, 1.54) is 5.56 Å². The molecule has 118 valence electrons. The van der Waals surface area contributed by atoms with Gasteiger partial charge in [0.25, 0.3) is 0 Å². The standard InChI is InChI=1S/C18H16N6/c1-24-18-15(12-21-24)17(20-11-13-5-3-2-4-6-13)22-16(23-18)14-7-9-19-10-8-14/h2-10,12H,11H2,1H3,(H,20,22,23). The van der Waals surface area contributed by atoms with Gasteiger partial charge < -0.3 is 5.32 Å². The third-order valence-electron chi connectivity index (χ3n) is 3.83. The molecule has 0 saturated carbocycles.